The molecule has 4 rings (SSSR count). The molecule has 5 nitrogen and oxygen atoms in total. The summed E-state index contributed by atoms with van der Waals surface area (Å²) in [5, 5.41) is 0. The summed E-state index contributed by atoms with van der Waals surface area (Å²) in [7, 11) is -3.37. The van der Waals surface area contributed by atoms with Crippen molar-refractivity contribution in [3.63, 3.8) is 0 Å². The van der Waals surface area contributed by atoms with Gasteiger partial charge in [-0.3, -0.25) is 4.79 Å². The molecule has 1 aromatic heterocycles. The Balaban J connectivity index is 1.77. The molecular formula is C21H20N2O3S. The Morgan fingerprint density at radius 2 is 1.74 bits per heavy atom. The lowest BCUT2D eigenvalue weighted by atomic mass is 9.99. The van der Waals surface area contributed by atoms with Gasteiger partial charge in [0.1, 0.15) is 0 Å². The Morgan fingerprint density at radius 1 is 0.963 bits per heavy atom. The fourth-order valence-corrected chi connectivity index (χ4v) is 4.28. The lowest BCUT2D eigenvalue weighted by Crippen LogP contribution is -2.42. The molecule has 0 spiro atoms. The van der Waals surface area contributed by atoms with E-state index < -0.39 is 9.84 Å². The van der Waals surface area contributed by atoms with Crippen molar-refractivity contribution in [2.24, 2.45) is 0 Å². The molecule has 2 heterocycles. The third-order valence-corrected chi connectivity index (χ3v) is 6.03. The monoisotopic (exact) mass is 380 g/mol. The third-order valence-electron chi connectivity index (χ3n) is 4.92. The first-order valence-electron chi connectivity index (χ1n) is 8.76. The van der Waals surface area contributed by atoms with Crippen LogP contribution >= 0.6 is 0 Å². The van der Waals surface area contributed by atoms with Crippen molar-refractivity contribution in [2.45, 2.75) is 17.5 Å². The Labute approximate surface area is 158 Å². The predicted octanol–water partition coefficient (Wildman–Crippen LogP) is 3.14. The number of hydrogen-bond acceptors (Lipinski definition) is 3. The van der Waals surface area contributed by atoms with Crippen LogP contribution in [0.3, 0.4) is 0 Å². The van der Waals surface area contributed by atoms with E-state index in [1.807, 2.05) is 53.6 Å². The van der Waals surface area contributed by atoms with Gasteiger partial charge in [-0.1, -0.05) is 36.4 Å². The molecule has 0 saturated carbocycles. The Hall–Kier alpha value is -2.86. The Kier molecular flexibility index (Phi) is 4.36. The third kappa shape index (κ3) is 3.28. The van der Waals surface area contributed by atoms with E-state index in [-0.39, 0.29) is 16.8 Å². The van der Waals surface area contributed by atoms with Crippen LogP contribution < -0.4 is 0 Å². The summed E-state index contributed by atoms with van der Waals surface area (Å²) in [5.74, 6) is -0.165. The van der Waals surface area contributed by atoms with Crippen molar-refractivity contribution in [2.75, 3.05) is 12.8 Å². The molecule has 1 amide bonds. The number of benzene rings is 2. The Morgan fingerprint density at radius 3 is 2.48 bits per heavy atom. The number of fused-ring (bicyclic) bond motifs is 1. The van der Waals surface area contributed by atoms with E-state index in [1.54, 1.807) is 12.1 Å². The molecule has 0 aliphatic carbocycles. The number of hydrogen-bond donors (Lipinski definition) is 0. The van der Waals surface area contributed by atoms with E-state index in [9.17, 15) is 13.2 Å². The van der Waals surface area contributed by atoms with Gasteiger partial charge in [-0.25, -0.2) is 8.42 Å². The van der Waals surface area contributed by atoms with E-state index in [1.165, 1.54) is 12.1 Å². The van der Waals surface area contributed by atoms with Crippen LogP contribution in [0.2, 0.25) is 0 Å². The molecule has 27 heavy (non-hydrogen) atoms. The van der Waals surface area contributed by atoms with E-state index in [4.69, 9.17) is 0 Å². The van der Waals surface area contributed by atoms with Crippen LogP contribution in [0.4, 0.5) is 0 Å². The zero-order valence-electron chi connectivity index (χ0n) is 14.9. The molecule has 0 N–H and O–H groups in total. The highest BCUT2D eigenvalue weighted by Crippen LogP contribution is 2.33. The fourth-order valence-electron chi connectivity index (χ4n) is 3.61. The number of aromatic nitrogens is 1. The van der Waals surface area contributed by atoms with Crippen molar-refractivity contribution >= 4 is 15.7 Å². The molecule has 0 radical (unpaired) electrons. The highest BCUT2D eigenvalue weighted by atomic mass is 32.2. The van der Waals surface area contributed by atoms with Crippen LogP contribution in [0.5, 0.6) is 0 Å². The summed E-state index contributed by atoms with van der Waals surface area (Å²) in [5.41, 5.74) is 2.48. The lowest BCUT2D eigenvalue weighted by Gasteiger charge is -2.37. The van der Waals surface area contributed by atoms with Crippen LogP contribution in [0.25, 0.3) is 0 Å². The number of carbonyl (C=O) groups is 1. The lowest BCUT2D eigenvalue weighted by molar-refractivity contribution is 0.0664. The number of nitrogens with zero attached hydrogens (tertiary/aromatic N) is 2. The summed E-state index contributed by atoms with van der Waals surface area (Å²) in [4.78, 5) is 15.3. The molecule has 2 aromatic carbocycles. The average molecular weight is 380 g/mol. The van der Waals surface area contributed by atoms with Gasteiger partial charge in [0.2, 0.25) is 0 Å². The molecule has 1 atom stereocenters. The van der Waals surface area contributed by atoms with Crippen LogP contribution in [-0.2, 0) is 16.4 Å². The quantitative estimate of drug-likeness (QED) is 0.701. The highest BCUT2D eigenvalue weighted by molar-refractivity contribution is 7.90. The number of rotatable bonds is 3. The minimum absolute atomic E-state index is 0.157. The number of sulfone groups is 1. The van der Waals surface area contributed by atoms with E-state index in [0.29, 0.717) is 18.7 Å². The second-order valence-electron chi connectivity index (χ2n) is 6.74. The first-order valence-corrected chi connectivity index (χ1v) is 10.7. The van der Waals surface area contributed by atoms with Gasteiger partial charge in [0.15, 0.2) is 9.84 Å². The van der Waals surface area contributed by atoms with Crippen molar-refractivity contribution in [3.8, 4) is 0 Å². The average Bonchev–Trinajstić information content (AvgIpc) is 3.15. The molecule has 0 bridgehead atoms. The molecule has 138 valence electrons. The van der Waals surface area contributed by atoms with Crippen LogP contribution in [0.15, 0.2) is 77.8 Å². The maximum Gasteiger partial charge on any atom is 0.254 e. The summed E-state index contributed by atoms with van der Waals surface area (Å²) in [6.07, 6.45) is 3.18. The Bertz CT molecular complexity index is 1090. The largest absolute Gasteiger partial charge is 0.348 e. The van der Waals surface area contributed by atoms with Gasteiger partial charge in [-0.15, -0.1) is 0 Å². The van der Waals surface area contributed by atoms with E-state index >= 15 is 0 Å². The maximum atomic E-state index is 13.3. The van der Waals surface area contributed by atoms with E-state index in [0.717, 1.165) is 17.5 Å². The second-order valence-corrected chi connectivity index (χ2v) is 8.75. The first kappa shape index (κ1) is 17.5. The van der Waals surface area contributed by atoms with Crippen LogP contribution in [0.1, 0.15) is 27.7 Å². The summed E-state index contributed by atoms with van der Waals surface area (Å²) in [6, 6.07) is 20.0. The SMILES string of the molecule is CS(=O)(=O)c1cccc(C(=O)N2CCn3cccc3C2c2ccccc2)c1. The highest BCUT2D eigenvalue weighted by Gasteiger charge is 2.32. The van der Waals surface area contributed by atoms with Gasteiger partial charge in [-0.05, 0) is 35.9 Å². The maximum absolute atomic E-state index is 13.3. The van der Waals surface area contributed by atoms with Gasteiger partial charge in [0.05, 0.1) is 10.9 Å². The smallest absolute Gasteiger partial charge is 0.254 e. The minimum Gasteiger partial charge on any atom is -0.348 e. The second kappa shape index (κ2) is 6.70. The standard InChI is InChI=1S/C21H20N2O3S/c1-27(25,26)18-10-5-9-17(15-18)21(24)23-14-13-22-12-6-11-19(22)20(23)16-7-3-2-4-8-16/h2-12,15,20H,13-14H2,1H3. The van der Waals surface area contributed by atoms with E-state index in [2.05, 4.69) is 4.57 Å². The number of carbonyl (C=O) groups excluding carboxylic acids is 1. The number of amides is 1. The van der Waals surface area contributed by atoms with Gasteiger partial charge in [0.25, 0.3) is 5.91 Å². The zero-order valence-corrected chi connectivity index (χ0v) is 15.8. The van der Waals surface area contributed by atoms with Gasteiger partial charge < -0.3 is 9.47 Å². The van der Waals surface area contributed by atoms with Crippen molar-refractivity contribution in [1.82, 2.24) is 9.47 Å². The molecule has 0 saturated heterocycles. The summed E-state index contributed by atoms with van der Waals surface area (Å²) >= 11 is 0. The van der Waals surface area contributed by atoms with Gasteiger partial charge >= 0.3 is 0 Å². The topological polar surface area (TPSA) is 59.4 Å². The molecule has 3 aromatic rings. The molecular weight excluding hydrogens is 360 g/mol. The predicted molar refractivity (Wildman–Crippen MR) is 103 cm³/mol. The van der Waals surface area contributed by atoms with Gasteiger partial charge in [0, 0.05) is 36.8 Å². The normalized spacial score (nSPS) is 16.8. The zero-order chi connectivity index (χ0) is 19.0. The minimum atomic E-state index is -3.37. The van der Waals surface area contributed by atoms with Crippen molar-refractivity contribution < 1.29 is 13.2 Å². The summed E-state index contributed by atoms with van der Waals surface area (Å²) < 4.78 is 25.9. The molecule has 0 fully saturated rings. The van der Waals surface area contributed by atoms with Crippen molar-refractivity contribution in [3.05, 3.63) is 89.7 Å². The summed E-state index contributed by atoms with van der Waals surface area (Å²) in [6.45, 7) is 1.27. The van der Waals surface area contributed by atoms with Gasteiger partial charge in [-0.2, -0.15) is 0 Å². The fraction of sp³-hybridized carbons (Fsp3) is 0.190. The van der Waals surface area contributed by atoms with Crippen LogP contribution in [0, 0.1) is 0 Å². The van der Waals surface area contributed by atoms with Crippen molar-refractivity contribution in [1.29, 1.82) is 0 Å². The first-order chi connectivity index (χ1) is 12.9. The molecule has 1 aliphatic rings. The molecule has 1 unspecified atom stereocenters. The van der Waals surface area contributed by atoms with Crippen LogP contribution in [-0.4, -0.2) is 36.6 Å². The molecule has 6 heteroatoms. The molecule has 1 aliphatic heterocycles.